The first-order valence-corrected chi connectivity index (χ1v) is 7.55. The van der Waals surface area contributed by atoms with Crippen LogP contribution in [-0.4, -0.2) is 31.8 Å². The second kappa shape index (κ2) is 5.05. The quantitative estimate of drug-likeness (QED) is 0.852. The number of carboxylic acids is 1. The molecule has 0 aliphatic carbocycles. The Morgan fingerprint density at radius 2 is 2.21 bits per heavy atom. The fraction of sp³-hybridized carbons (Fsp3) is 0.308. The second-order valence-electron chi connectivity index (χ2n) is 4.35. The van der Waals surface area contributed by atoms with Crippen molar-refractivity contribution in [1.29, 1.82) is 0 Å². The third-order valence-electron chi connectivity index (χ3n) is 3.10. The molecule has 1 aromatic rings. The van der Waals surface area contributed by atoms with E-state index in [1.165, 1.54) is 16.4 Å². The van der Waals surface area contributed by atoms with Gasteiger partial charge in [-0.1, -0.05) is 12.1 Å². The van der Waals surface area contributed by atoms with E-state index in [1.54, 1.807) is 12.1 Å². The average molecular weight is 281 g/mol. The van der Waals surface area contributed by atoms with Crippen molar-refractivity contribution in [2.45, 2.75) is 12.8 Å². The zero-order chi connectivity index (χ0) is 14.0. The van der Waals surface area contributed by atoms with Gasteiger partial charge in [0.25, 0.3) is 0 Å². The van der Waals surface area contributed by atoms with Crippen molar-refractivity contribution in [1.82, 2.24) is 0 Å². The molecule has 0 saturated heterocycles. The molecule has 0 radical (unpaired) electrons. The van der Waals surface area contributed by atoms with E-state index >= 15 is 0 Å². The molecule has 1 heterocycles. The largest absolute Gasteiger partial charge is 0.478 e. The number of benzene rings is 1. The summed E-state index contributed by atoms with van der Waals surface area (Å²) in [6.07, 6.45) is 2.54. The minimum Gasteiger partial charge on any atom is -0.478 e. The van der Waals surface area contributed by atoms with Crippen molar-refractivity contribution in [3.63, 3.8) is 0 Å². The van der Waals surface area contributed by atoms with Gasteiger partial charge in [0.05, 0.1) is 17.0 Å². The van der Waals surface area contributed by atoms with Gasteiger partial charge < -0.3 is 5.11 Å². The van der Waals surface area contributed by atoms with Crippen molar-refractivity contribution in [2.24, 2.45) is 0 Å². The van der Waals surface area contributed by atoms with Crippen LogP contribution in [0.2, 0.25) is 0 Å². The molecular weight excluding hydrogens is 266 g/mol. The van der Waals surface area contributed by atoms with E-state index in [2.05, 4.69) is 6.58 Å². The van der Waals surface area contributed by atoms with Gasteiger partial charge >= 0.3 is 5.97 Å². The summed E-state index contributed by atoms with van der Waals surface area (Å²) in [6, 6.07) is 4.73. The normalized spacial score (nSPS) is 14.8. The smallest absolute Gasteiger partial charge is 0.336 e. The van der Waals surface area contributed by atoms with E-state index < -0.39 is 16.0 Å². The zero-order valence-corrected chi connectivity index (χ0v) is 11.2. The lowest BCUT2D eigenvalue weighted by Crippen LogP contribution is -2.37. The summed E-state index contributed by atoms with van der Waals surface area (Å²) in [5.41, 5.74) is 1.25. The van der Waals surface area contributed by atoms with Crippen molar-refractivity contribution < 1.29 is 18.3 Å². The molecule has 5 nitrogen and oxygen atoms in total. The molecular formula is C13H15NO4S. The van der Waals surface area contributed by atoms with Gasteiger partial charge in [0.1, 0.15) is 0 Å². The Hall–Kier alpha value is -1.82. The van der Waals surface area contributed by atoms with E-state index in [9.17, 15) is 13.2 Å². The van der Waals surface area contributed by atoms with E-state index in [0.717, 1.165) is 0 Å². The Balaban J connectivity index is 2.55. The molecule has 0 aromatic heterocycles. The monoisotopic (exact) mass is 281 g/mol. The molecule has 0 spiro atoms. The predicted octanol–water partition coefficient (Wildman–Crippen LogP) is 1.65. The van der Waals surface area contributed by atoms with E-state index in [4.69, 9.17) is 5.11 Å². The highest BCUT2D eigenvalue weighted by atomic mass is 32.2. The fourth-order valence-electron chi connectivity index (χ4n) is 2.32. The van der Waals surface area contributed by atoms with Crippen molar-refractivity contribution >= 4 is 21.7 Å². The number of sulfonamides is 1. The minimum absolute atomic E-state index is 0.149. The number of hydrogen-bond acceptors (Lipinski definition) is 3. The van der Waals surface area contributed by atoms with Crippen LogP contribution in [0.4, 0.5) is 5.69 Å². The van der Waals surface area contributed by atoms with Crippen molar-refractivity contribution in [3.8, 4) is 0 Å². The first-order chi connectivity index (χ1) is 8.97. The summed E-state index contributed by atoms with van der Waals surface area (Å²) in [4.78, 5) is 11.2. The van der Waals surface area contributed by atoms with Crippen LogP contribution in [0.1, 0.15) is 22.3 Å². The highest BCUT2D eigenvalue weighted by molar-refractivity contribution is 7.92. The number of fused-ring (bicyclic) bond motifs is 1. The van der Waals surface area contributed by atoms with E-state index in [-0.39, 0.29) is 11.3 Å². The third kappa shape index (κ3) is 2.49. The average Bonchev–Trinajstić information content (AvgIpc) is 2.37. The number of rotatable bonds is 4. The summed E-state index contributed by atoms with van der Waals surface area (Å²) in [5.74, 6) is -1.18. The van der Waals surface area contributed by atoms with Crippen molar-refractivity contribution in [2.75, 3.05) is 16.6 Å². The highest BCUT2D eigenvalue weighted by Gasteiger charge is 2.28. The molecule has 102 valence electrons. The van der Waals surface area contributed by atoms with Crippen LogP contribution in [0.3, 0.4) is 0 Å². The number of nitrogens with zero attached hydrogens (tertiary/aromatic N) is 1. The summed E-state index contributed by atoms with van der Waals surface area (Å²) in [5, 5.41) is 9.15. The zero-order valence-electron chi connectivity index (χ0n) is 10.4. The minimum atomic E-state index is -3.47. The molecule has 6 heteroatoms. The lowest BCUT2D eigenvalue weighted by molar-refractivity contribution is 0.0695. The van der Waals surface area contributed by atoms with E-state index in [0.29, 0.717) is 30.6 Å². The summed E-state index contributed by atoms with van der Waals surface area (Å²) in [7, 11) is -3.47. The lowest BCUT2D eigenvalue weighted by Gasteiger charge is -2.30. The lowest BCUT2D eigenvalue weighted by atomic mass is 9.98. The molecule has 0 amide bonds. The molecule has 1 aliphatic rings. The van der Waals surface area contributed by atoms with Gasteiger partial charge in [-0.2, -0.15) is 0 Å². The number of aromatic carboxylic acids is 1. The van der Waals surface area contributed by atoms with Gasteiger partial charge in [-0.25, -0.2) is 13.2 Å². The van der Waals surface area contributed by atoms with Crippen LogP contribution < -0.4 is 4.31 Å². The Morgan fingerprint density at radius 3 is 2.84 bits per heavy atom. The molecule has 1 N–H and O–H groups in total. The number of hydrogen-bond donors (Lipinski definition) is 1. The molecule has 19 heavy (non-hydrogen) atoms. The first kappa shape index (κ1) is 13.6. The molecule has 0 bridgehead atoms. The first-order valence-electron chi connectivity index (χ1n) is 5.94. The molecule has 0 atom stereocenters. The maximum absolute atomic E-state index is 12.1. The number of carbonyl (C=O) groups is 1. The van der Waals surface area contributed by atoms with Gasteiger partial charge in [-0.15, -0.1) is 6.58 Å². The Labute approximate surface area is 112 Å². The van der Waals surface area contributed by atoms with Crippen LogP contribution >= 0.6 is 0 Å². The van der Waals surface area contributed by atoms with Crippen LogP contribution in [0.15, 0.2) is 30.9 Å². The Kier molecular flexibility index (Phi) is 3.61. The third-order valence-corrected chi connectivity index (χ3v) is 4.81. The molecule has 1 aliphatic heterocycles. The molecule has 0 fully saturated rings. The van der Waals surface area contributed by atoms with Crippen molar-refractivity contribution in [3.05, 3.63) is 42.0 Å². The van der Waals surface area contributed by atoms with Crippen LogP contribution in [0.25, 0.3) is 0 Å². The topological polar surface area (TPSA) is 74.7 Å². The Morgan fingerprint density at radius 1 is 1.47 bits per heavy atom. The van der Waals surface area contributed by atoms with E-state index in [1.807, 2.05) is 0 Å². The van der Waals surface area contributed by atoms with Crippen LogP contribution in [0.5, 0.6) is 0 Å². The molecule has 2 rings (SSSR count). The highest BCUT2D eigenvalue weighted by Crippen LogP contribution is 2.32. The fourth-order valence-corrected chi connectivity index (χ4v) is 3.67. The van der Waals surface area contributed by atoms with Crippen LogP contribution in [-0.2, 0) is 16.4 Å². The maximum Gasteiger partial charge on any atom is 0.336 e. The van der Waals surface area contributed by atoms with Gasteiger partial charge in [0.15, 0.2) is 0 Å². The second-order valence-corrected chi connectivity index (χ2v) is 6.29. The standard InChI is InChI=1S/C13H15NO4S/c1-2-9-19(17,18)14-8-4-6-10-11(13(15)16)5-3-7-12(10)14/h2-3,5,7H,1,4,6,8-9H2,(H,15,16). The molecule has 0 unspecified atom stereocenters. The summed E-state index contributed by atoms with van der Waals surface area (Å²) >= 11 is 0. The maximum atomic E-state index is 12.1. The predicted molar refractivity (Wildman–Crippen MR) is 73.1 cm³/mol. The number of carboxylic acid groups (broad SMARTS) is 1. The molecule has 1 aromatic carbocycles. The van der Waals surface area contributed by atoms with Crippen LogP contribution in [0, 0.1) is 0 Å². The van der Waals surface area contributed by atoms with Gasteiger partial charge in [0.2, 0.25) is 10.0 Å². The number of anilines is 1. The van der Waals surface area contributed by atoms with Gasteiger partial charge in [-0.3, -0.25) is 4.31 Å². The Bertz CT molecular complexity index is 622. The SMILES string of the molecule is C=CCS(=O)(=O)N1CCCc2c(C(=O)O)cccc21. The molecule has 0 saturated carbocycles. The van der Waals surface area contributed by atoms with Gasteiger partial charge in [0, 0.05) is 6.54 Å². The van der Waals surface area contributed by atoms with Gasteiger partial charge in [-0.05, 0) is 30.5 Å². The summed E-state index contributed by atoms with van der Waals surface area (Å²) < 4.78 is 25.6. The summed E-state index contributed by atoms with van der Waals surface area (Å²) in [6.45, 7) is 3.82.